The molecule has 0 bridgehead atoms. The van der Waals surface area contributed by atoms with Gasteiger partial charge in [0.05, 0.1) is 5.41 Å². The minimum absolute atomic E-state index is 0.0679. The first-order valence-corrected chi connectivity index (χ1v) is 6.22. The van der Waals surface area contributed by atoms with Gasteiger partial charge in [-0.2, -0.15) is 0 Å². The maximum absolute atomic E-state index is 12.6. The lowest BCUT2D eigenvalue weighted by Gasteiger charge is -2.38. The molecule has 0 N–H and O–H groups in total. The molecule has 18 heavy (non-hydrogen) atoms. The van der Waals surface area contributed by atoms with Crippen LogP contribution in [0.5, 0.6) is 0 Å². The van der Waals surface area contributed by atoms with Crippen LogP contribution >= 0.6 is 0 Å². The molecule has 2 atom stereocenters. The van der Waals surface area contributed by atoms with Crippen LogP contribution in [0.15, 0.2) is 41.5 Å². The van der Waals surface area contributed by atoms with Crippen LogP contribution < -0.4 is 0 Å². The lowest BCUT2D eigenvalue weighted by molar-refractivity contribution is -0.131. The zero-order valence-electron chi connectivity index (χ0n) is 11.3. The summed E-state index contributed by atoms with van der Waals surface area (Å²) in [5.74, 6) is -0.159. The van der Waals surface area contributed by atoms with E-state index in [2.05, 4.69) is 0 Å². The number of hydrogen-bond donors (Lipinski definition) is 0. The summed E-state index contributed by atoms with van der Waals surface area (Å²) in [4.78, 5) is 24.9. The summed E-state index contributed by atoms with van der Waals surface area (Å²) in [6.45, 7) is 7.23. The van der Waals surface area contributed by atoms with Gasteiger partial charge in [0.2, 0.25) is 0 Å². The lowest BCUT2D eigenvalue weighted by Crippen LogP contribution is -2.47. The standard InChI is InChI=1S/C16H18O2/c1-10-11(2)15(18)16(4,12(3)14(10)17)13-8-6-5-7-9-13/h5-9,12H,1-4H3/t12-,16-/m0/s1. The maximum atomic E-state index is 12.6. The Morgan fingerprint density at radius 2 is 1.56 bits per heavy atom. The first-order chi connectivity index (χ1) is 8.40. The van der Waals surface area contributed by atoms with Crippen LogP contribution in [0, 0.1) is 5.92 Å². The molecule has 2 nitrogen and oxygen atoms in total. The summed E-state index contributed by atoms with van der Waals surface area (Å²) in [5, 5.41) is 0. The van der Waals surface area contributed by atoms with Crippen LogP contribution in [-0.4, -0.2) is 11.6 Å². The third-order valence-electron chi connectivity index (χ3n) is 4.38. The van der Waals surface area contributed by atoms with Gasteiger partial charge < -0.3 is 0 Å². The summed E-state index contributed by atoms with van der Waals surface area (Å²) in [6, 6.07) is 9.59. The van der Waals surface area contributed by atoms with Gasteiger partial charge in [-0.05, 0) is 37.5 Å². The monoisotopic (exact) mass is 242 g/mol. The molecule has 2 rings (SSSR count). The van der Waals surface area contributed by atoms with E-state index in [-0.39, 0.29) is 17.5 Å². The molecular formula is C16H18O2. The largest absolute Gasteiger partial charge is 0.294 e. The van der Waals surface area contributed by atoms with Crippen LogP contribution in [0.25, 0.3) is 0 Å². The molecule has 2 heteroatoms. The number of benzene rings is 1. The van der Waals surface area contributed by atoms with E-state index in [4.69, 9.17) is 0 Å². The Kier molecular flexibility index (Phi) is 2.97. The van der Waals surface area contributed by atoms with Crippen molar-refractivity contribution in [3.63, 3.8) is 0 Å². The molecule has 0 saturated carbocycles. The normalized spacial score (nSPS) is 28.8. The molecule has 0 unspecified atom stereocenters. The SMILES string of the molecule is CC1=C(C)C(=O)[C@](C)(c2ccccc2)[C@@H](C)C1=O. The molecule has 0 aliphatic heterocycles. The molecule has 0 fully saturated rings. The molecule has 0 amide bonds. The number of rotatable bonds is 1. The summed E-state index contributed by atoms with van der Waals surface area (Å²) in [7, 11) is 0. The van der Waals surface area contributed by atoms with Crippen molar-refractivity contribution in [2.24, 2.45) is 5.92 Å². The molecule has 0 spiro atoms. The molecule has 1 aromatic rings. The maximum Gasteiger partial charge on any atom is 0.169 e. The minimum atomic E-state index is -0.734. The average molecular weight is 242 g/mol. The van der Waals surface area contributed by atoms with Crippen LogP contribution in [-0.2, 0) is 15.0 Å². The molecule has 0 saturated heterocycles. The van der Waals surface area contributed by atoms with Gasteiger partial charge in [-0.15, -0.1) is 0 Å². The summed E-state index contributed by atoms with van der Waals surface area (Å²) in [6.07, 6.45) is 0. The van der Waals surface area contributed by atoms with E-state index in [1.54, 1.807) is 13.8 Å². The van der Waals surface area contributed by atoms with E-state index in [0.717, 1.165) is 5.56 Å². The lowest BCUT2D eigenvalue weighted by atomic mass is 9.62. The van der Waals surface area contributed by atoms with Crippen LogP contribution in [0.2, 0.25) is 0 Å². The second kappa shape index (κ2) is 4.20. The zero-order valence-corrected chi connectivity index (χ0v) is 11.3. The second-order valence-corrected chi connectivity index (χ2v) is 5.23. The van der Waals surface area contributed by atoms with E-state index in [0.29, 0.717) is 11.1 Å². The predicted octanol–water partition coefficient (Wildman–Crippen LogP) is 3.07. The zero-order chi connectivity index (χ0) is 13.5. The average Bonchev–Trinajstić information content (AvgIpc) is 2.42. The third-order valence-corrected chi connectivity index (χ3v) is 4.38. The van der Waals surface area contributed by atoms with Crippen molar-refractivity contribution in [1.29, 1.82) is 0 Å². The minimum Gasteiger partial charge on any atom is -0.294 e. The topological polar surface area (TPSA) is 34.1 Å². The molecule has 0 heterocycles. The Balaban J connectivity index is 2.65. The van der Waals surface area contributed by atoms with Gasteiger partial charge >= 0.3 is 0 Å². The first-order valence-electron chi connectivity index (χ1n) is 6.22. The van der Waals surface area contributed by atoms with Crippen LogP contribution in [0.1, 0.15) is 33.3 Å². The predicted molar refractivity (Wildman–Crippen MR) is 71.3 cm³/mol. The number of ketones is 2. The van der Waals surface area contributed by atoms with E-state index in [1.165, 1.54) is 0 Å². The van der Waals surface area contributed by atoms with Crippen molar-refractivity contribution < 1.29 is 9.59 Å². The molecule has 0 aromatic heterocycles. The van der Waals surface area contributed by atoms with Crippen molar-refractivity contribution in [2.75, 3.05) is 0 Å². The number of carbonyl (C=O) groups excluding carboxylic acids is 2. The van der Waals surface area contributed by atoms with E-state index in [1.807, 2.05) is 44.2 Å². The fraction of sp³-hybridized carbons (Fsp3) is 0.375. The highest BCUT2D eigenvalue weighted by Gasteiger charge is 2.48. The van der Waals surface area contributed by atoms with Crippen LogP contribution in [0.4, 0.5) is 0 Å². The van der Waals surface area contributed by atoms with Gasteiger partial charge in [-0.3, -0.25) is 9.59 Å². The number of Topliss-reactive ketones (excluding diaryl/α,β-unsaturated/α-hetero) is 2. The van der Waals surface area contributed by atoms with E-state index < -0.39 is 5.41 Å². The fourth-order valence-electron chi connectivity index (χ4n) is 2.69. The Morgan fingerprint density at radius 3 is 2.11 bits per heavy atom. The molecule has 1 aliphatic rings. The highest BCUT2D eigenvalue weighted by molar-refractivity contribution is 6.17. The Labute approximate surface area is 108 Å². The fourth-order valence-corrected chi connectivity index (χ4v) is 2.69. The van der Waals surface area contributed by atoms with Crippen molar-refractivity contribution in [1.82, 2.24) is 0 Å². The molecule has 0 radical (unpaired) electrons. The summed E-state index contributed by atoms with van der Waals surface area (Å²) >= 11 is 0. The van der Waals surface area contributed by atoms with Crippen molar-refractivity contribution in [3.05, 3.63) is 47.0 Å². The second-order valence-electron chi connectivity index (χ2n) is 5.23. The summed E-state index contributed by atoms with van der Waals surface area (Å²) in [5.41, 5.74) is 1.40. The number of allylic oxidation sites excluding steroid dienone is 2. The van der Waals surface area contributed by atoms with E-state index >= 15 is 0 Å². The third kappa shape index (κ3) is 1.56. The number of carbonyl (C=O) groups is 2. The highest BCUT2D eigenvalue weighted by atomic mass is 16.1. The number of hydrogen-bond acceptors (Lipinski definition) is 2. The molecular weight excluding hydrogens is 224 g/mol. The van der Waals surface area contributed by atoms with E-state index in [9.17, 15) is 9.59 Å². The highest BCUT2D eigenvalue weighted by Crippen LogP contribution is 2.41. The van der Waals surface area contributed by atoms with Gasteiger partial charge in [0.15, 0.2) is 11.6 Å². The van der Waals surface area contributed by atoms with Crippen molar-refractivity contribution in [2.45, 2.75) is 33.1 Å². The van der Waals surface area contributed by atoms with Gasteiger partial charge in [0.25, 0.3) is 0 Å². The summed E-state index contributed by atoms with van der Waals surface area (Å²) < 4.78 is 0. The molecule has 1 aromatic carbocycles. The Hall–Kier alpha value is -1.70. The van der Waals surface area contributed by atoms with Gasteiger partial charge in [-0.25, -0.2) is 0 Å². The van der Waals surface area contributed by atoms with Crippen molar-refractivity contribution >= 4 is 11.6 Å². The van der Waals surface area contributed by atoms with Gasteiger partial charge in [0, 0.05) is 5.92 Å². The quantitative estimate of drug-likeness (QED) is 0.758. The molecule has 94 valence electrons. The van der Waals surface area contributed by atoms with Gasteiger partial charge in [0.1, 0.15) is 0 Å². The van der Waals surface area contributed by atoms with Gasteiger partial charge in [-0.1, -0.05) is 37.3 Å². The first kappa shape index (κ1) is 12.7. The smallest absolute Gasteiger partial charge is 0.169 e. The van der Waals surface area contributed by atoms with Crippen molar-refractivity contribution in [3.8, 4) is 0 Å². The Morgan fingerprint density at radius 1 is 1.00 bits per heavy atom. The van der Waals surface area contributed by atoms with Crippen LogP contribution in [0.3, 0.4) is 0 Å². The molecule has 1 aliphatic carbocycles. The Bertz CT molecular complexity index is 539.